The Labute approximate surface area is 125 Å². The lowest BCUT2D eigenvalue weighted by Crippen LogP contribution is -2.48. The summed E-state index contributed by atoms with van der Waals surface area (Å²) in [5.74, 6) is 0.618. The standard InChI is InChI=1S/C14H22N2O4S/c1-9-4-6-14(3,7-5-9)16-13(17)11-8-12(20-10(11)2)21(15,18)19/h8-9H,4-7H2,1-3H3,(H,16,17)(H2,15,18,19). The van der Waals surface area contributed by atoms with Gasteiger partial charge in [0.2, 0.25) is 5.09 Å². The van der Waals surface area contributed by atoms with E-state index >= 15 is 0 Å². The van der Waals surface area contributed by atoms with Crippen LogP contribution in [-0.2, 0) is 10.0 Å². The van der Waals surface area contributed by atoms with Gasteiger partial charge in [-0.15, -0.1) is 0 Å². The summed E-state index contributed by atoms with van der Waals surface area (Å²) in [5, 5.41) is 7.63. The van der Waals surface area contributed by atoms with Gasteiger partial charge in [0.05, 0.1) is 5.56 Å². The normalized spacial score (nSPS) is 26.6. The zero-order chi connectivity index (χ0) is 15.8. The first-order valence-electron chi connectivity index (χ1n) is 7.06. The molecule has 1 heterocycles. The predicted octanol–water partition coefficient (Wildman–Crippen LogP) is 1.93. The van der Waals surface area contributed by atoms with Crippen LogP contribution >= 0.6 is 0 Å². The van der Waals surface area contributed by atoms with Gasteiger partial charge < -0.3 is 9.73 Å². The average Bonchev–Trinajstić information content (AvgIpc) is 2.75. The summed E-state index contributed by atoms with van der Waals surface area (Å²) in [5.41, 5.74) is -0.0337. The number of amides is 1. The lowest BCUT2D eigenvalue weighted by molar-refractivity contribution is 0.0868. The Morgan fingerprint density at radius 3 is 2.48 bits per heavy atom. The molecule has 1 aromatic heterocycles. The Morgan fingerprint density at radius 2 is 2.00 bits per heavy atom. The van der Waals surface area contributed by atoms with Crippen molar-refractivity contribution in [3.63, 3.8) is 0 Å². The fourth-order valence-electron chi connectivity index (χ4n) is 2.69. The molecule has 1 fully saturated rings. The van der Waals surface area contributed by atoms with Crippen LogP contribution in [0.5, 0.6) is 0 Å². The first-order chi connectivity index (χ1) is 9.61. The smallest absolute Gasteiger partial charge is 0.271 e. The maximum absolute atomic E-state index is 12.4. The third kappa shape index (κ3) is 3.65. The molecular weight excluding hydrogens is 292 g/mol. The number of carbonyl (C=O) groups excluding carboxylic acids is 1. The van der Waals surface area contributed by atoms with E-state index in [1.165, 1.54) is 6.07 Å². The highest BCUT2D eigenvalue weighted by atomic mass is 32.2. The predicted molar refractivity (Wildman–Crippen MR) is 78.3 cm³/mol. The van der Waals surface area contributed by atoms with Crippen molar-refractivity contribution in [1.82, 2.24) is 5.32 Å². The Hall–Kier alpha value is -1.34. The zero-order valence-corrected chi connectivity index (χ0v) is 13.4. The molecule has 1 aromatic rings. The third-order valence-electron chi connectivity index (χ3n) is 4.21. The number of sulfonamides is 1. The van der Waals surface area contributed by atoms with Crippen molar-refractivity contribution in [2.45, 2.75) is 57.1 Å². The number of furan rings is 1. The van der Waals surface area contributed by atoms with E-state index in [1.54, 1.807) is 6.92 Å². The van der Waals surface area contributed by atoms with Crippen LogP contribution in [-0.4, -0.2) is 19.9 Å². The number of aryl methyl sites for hydroxylation is 1. The maximum atomic E-state index is 12.4. The lowest BCUT2D eigenvalue weighted by atomic mass is 9.78. The number of carbonyl (C=O) groups is 1. The fourth-order valence-corrected chi connectivity index (χ4v) is 3.21. The molecular formula is C14H22N2O4S. The molecule has 1 amide bonds. The second kappa shape index (κ2) is 5.46. The third-order valence-corrected chi connectivity index (χ3v) is 4.98. The number of rotatable bonds is 3. The van der Waals surface area contributed by atoms with Crippen molar-refractivity contribution in [1.29, 1.82) is 0 Å². The number of primary sulfonamides is 1. The molecule has 0 atom stereocenters. The van der Waals surface area contributed by atoms with Crippen LogP contribution in [0.25, 0.3) is 0 Å². The van der Waals surface area contributed by atoms with E-state index in [4.69, 9.17) is 9.56 Å². The molecule has 118 valence electrons. The van der Waals surface area contributed by atoms with Crippen LogP contribution in [0.4, 0.5) is 0 Å². The molecule has 0 saturated heterocycles. The first-order valence-corrected chi connectivity index (χ1v) is 8.61. The van der Waals surface area contributed by atoms with Crippen LogP contribution in [0.2, 0.25) is 0 Å². The van der Waals surface area contributed by atoms with Gasteiger partial charge in [0.25, 0.3) is 15.9 Å². The molecule has 2 rings (SSSR count). The average molecular weight is 314 g/mol. The Kier molecular flexibility index (Phi) is 4.17. The molecule has 1 aliphatic carbocycles. The molecule has 0 aliphatic heterocycles. The van der Waals surface area contributed by atoms with Crippen LogP contribution in [0.3, 0.4) is 0 Å². The van der Waals surface area contributed by atoms with Gasteiger partial charge in [0, 0.05) is 11.6 Å². The molecule has 0 bridgehead atoms. The second-order valence-electron chi connectivity index (χ2n) is 6.28. The van der Waals surface area contributed by atoms with Gasteiger partial charge >= 0.3 is 0 Å². The van der Waals surface area contributed by atoms with Crippen LogP contribution in [0, 0.1) is 12.8 Å². The SMILES string of the molecule is Cc1oc(S(N)(=O)=O)cc1C(=O)NC1(C)CCC(C)CC1. The van der Waals surface area contributed by atoms with Gasteiger partial charge in [-0.1, -0.05) is 6.92 Å². The summed E-state index contributed by atoms with van der Waals surface area (Å²) >= 11 is 0. The van der Waals surface area contributed by atoms with Crippen molar-refractivity contribution in [2.24, 2.45) is 11.1 Å². The highest BCUT2D eigenvalue weighted by molar-refractivity contribution is 7.89. The van der Waals surface area contributed by atoms with Gasteiger partial charge in [0.15, 0.2) is 0 Å². The van der Waals surface area contributed by atoms with Gasteiger partial charge in [-0.3, -0.25) is 4.79 Å². The molecule has 1 saturated carbocycles. The van der Waals surface area contributed by atoms with Crippen molar-refractivity contribution >= 4 is 15.9 Å². The van der Waals surface area contributed by atoms with Crippen molar-refractivity contribution in [3.8, 4) is 0 Å². The van der Waals surface area contributed by atoms with Crippen LogP contribution in [0.15, 0.2) is 15.6 Å². The van der Waals surface area contributed by atoms with E-state index in [0.29, 0.717) is 5.92 Å². The highest BCUT2D eigenvalue weighted by Crippen LogP contribution is 2.32. The Bertz CT molecular complexity index is 640. The highest BCUT2D eigenvalue weighted by Gasteiger charge is 2.32. The number of hydrogen-bond donors (Lipinski definition) is 2. The molecule has 3 N–H and O–H groups in total. The molecule has 7 heteroatoms. The maximum Gasteiger partial charge on any atom is 0.271 e. The number of hydrogen-bond acceptors (Lipinski definition) is 4. The lowest BCUT2D eigenvalue weighted by Gasteiger charge is -2.37. The summed E-state index contributed by atoms with van der Waals surface area (Å²) in [6, 6.07) is 1.19. The van der Waals surface area contributed by atoms with E-state index in [1.807, 2.05) is 6.92 Å². The quantitative estimate of drug-likeness (QED) is 0.889. The Balaban J connectivity index is 2.16. The van der Waals surface area contributed by atoms with E-state index in [2.05, 4.69) is 12.2 Å². The van der Waals surface area contributed by atoms with Gasteiger partial charge in [0.1, 0.15) is 5.76 Å². The van der Waals surface area contributed by atoms with Crippen LogP contribution < -0.4 is 10.5 Å². The molecule has 0 aromatic carbocycles. The summed E-state index contributed by atoms with van der Waals surface area (Å²) in [7, 11) is -3.94. The summed E-state index contributed by atoms with van der Waals surface area (Å²) in [4.78, 5) is 12.4. The van der Waals surface area contributed by atoms with E-state index in [-0.39, 0.29) is 27.9 Å². The topological polar surface area (TPSA) is 102 Å². The molecule has 0 spiro atoms. The van der Waals surface area contributed by atoms with Crippen molar-refractivity contribution < 1.29 is 17.6 Å². The van der Waals surface area contributed by atoms with E-state index < -0.39 is 10.0 Å². The number of nitrogens with two attached hydrogens (primary N) is 1. The largest absolute Gasteiger partial charge is 0.448 e. The van der Waals surface area contributed by atoms with Gasteiger partial charge in [-0.25, -0.2) is 13.6 Å². The molecule has 6 nitrogen and oxygen atoms in total. The van der Waals surface area contributed by atoms with E-state index in [9.17, 15) is 13.2 Å². The Morgan fingerprint density at radius 1 is 1.43 bits per heavy atom. The van der Waals surface area contributed by atoms with E-state index in [0.717, 1.165) is 25.7 Å². The first kappa shape index (κ1) is 16.0. The molecule has 0 radical (unpaired) electrons. The summed E-state index contributed by atoms with van der Waals surface area (Å²) in [6.07, 6.45) is 3.98. The van der Waals surface area contributed by atoms with Crippen molar-refractivity contribution in [2.75, 3.05) is 0 Å². The zero-order valence-electron chi connectivity index (χ0n) is 12.6. The van der Waals surface area contributed by atoms with Crippen molar-refractivity contribution in [3.05, 3.63) is 17.4 Å². The second-order valence-corrected chi connectivity index (χ2v) is 7.77. The van der Waals surface area contributed by atoms with Crippen LogP contribution in [0.1, 0.15) is 55.6 Å². The monoisotopic (exact) mass is 314 g/mol. The summed E-state index contributed by atoms with van der Waals surface area (Å²) < 4.78 is 27.6. The fraction of sp³-hybridized carbons (Fsp3) is 0.643. The molecule has 0 unspecified atom stereocenters. The van der Waals surface area contributed by atoms with Gasteiger partial charge in [-0.05, 0) is 45.4 Å². The number of nitrogens with one attached hydrogen (secondary N) is 1. The summed E-state index contributed by atoms with van der Waals surface area (Å²) in [6.45, 7) is 5.78. The minimum atomic E-state index is -3.94. The minimum Gasteiger partial charge on any atom is -0.448 e. The minimum absolute atomic E-state index is 0.221. The van der Waals surface area contributed by atoms with Gasteiger partial charge in [-0.2, -0.15) is 0 Å². The molecule has 1 aliphatic rings. The molecule has 21 heavy (non-hydrogen) atoms.